The number of nitrogens with one attached hydrogen (secondary N) is 1. The molecule has 108 valence electrons. The summed E-state index contributed by atoms with van der Waals surface area (Å²) in [6, 6.07) is 8.24. The average Bonchev–Trinajstić information content (AvgIpc) is 3.25. The Kier molecular flexibility index (Phi) is 5.91. The van der Waals surface area contributed by atoms with E-state index in [2.05, 4.69) is 28.3 Å². The largest absolute Gasteiger partial charge is 0.492 e. The van der Waals surface area contributed by atoms with Gasteiger partial charge in [-0.1, -0.05) is 18.1 Å². The highest BCUT2D eigenvalue weighted by atomic mass is 16.5. The first-order valence-electron chi connectivity index (χ1n) is 7.34. The van der Waals surface area contributed by atoms with Gasteiger partial charge in [0.2, 0.25) is 0 Å². The van der Waals surface area contributed by atoms with E-state index in [1.165, 1.54) is 18.4 Å². The molecule has 1 aromatic rings. The number of hydrogen-bond acceptors (Lipinski definition) is 3. The predicted molar refractivity (Wildman–Crippen MR) is 82.7 cm³/mol. The molecule has 0 amide bonds. The number of hydrogen-bond donors (Lipinski definition) is 1. The van der Waals surface area contributed by atoms with Crippen LogP contribution in [0.5, 0.6) is 5.75 Å². The molecule has 0 bridgehead atoms. The van der Waals surface area contributed by atoms with Crippen molar-refractivity contribution in [2.45, 2.75) is 19.4 Å². The van der Waals surface area contributed by atoms with Crippen molar-refractivity contribution in [1.29, 1.82) is 0 Å². The van der Waals surface area contributed by atoms with Crippen molar-refractivity contribution in [3.05, 3.63) is 29.8 Å². The number of benzene rings is 1. The summed E-state index contributed by atoms with van der Waals surface area (Å²) in [5, 5.41) is 3.13. The van der Waals surface area contributed by atoms with Crippen molar-refractivity contribution < 1.29 is 4.74 Å². The summed E-state index contributed by atoms with van der Waals surface area (Å²) in [5.74, 6) is 4.53. The van der Waals surface area contributed by atoms with E-state index in [0.717, 1.165) is 37.8 Å². The number of rotatable bonds is 9. The van der Waals surface area contributed by atoms with Crippen LogP contribution >= 0.6 is 0 Å². The first-order chi connectivity index (χ1) is 9.81. The molecule has 1 saturated carbocycles. The van der Waals surface area contributed by atoms with Crippen LogP contribution in [0, 0.1) is 18.3 Å². The summed E-state index contributed by atoms with van der Waals surface area (Å²) < 4.78 is 5.79. The van der Waals surface area contributed by atoms with Gasteiger partial charge >= 0.3 is 0 Å². The molecule has 3 nitrogen and oxygen atoms in total. The van der Waals surface area contributed by atoms with Crippen LogP contribution in [-0.2, 0) is 6.54 Å². The Bertz CT molecular complexity index is 431. The fourth-order valence-corrected chi connectivity index (χ4v) is 2.23. The van der Waals surface area contributed by atoms with Gasteiger partial charge in [-0.05, 0) is 43.5 Å². The quantitative estimate of drug-likeness (QED) is 0.697. The first kappa shape index (κ1) is 14.9. The molecule has 0 radical (unpaired) electrons. The second-order valence-electron chi connectivity index (χ2n) is 5.41. The lowest BCUT2D eigenvalue weighted by molar-refractivity contribution is 0.219. The molecular formula is C17H24N2O. The van der Waals surface area contributed by atoms with E-state index in [9.17, 15) is 0 Å². The molecule has 0 spiro atoms. The lowest BCUT2D eigenvalue weighted by Gasteiger charge is -2.19. The molecule has 1 fully saturated rings. The van der Waals surface area contributed by atoms with Crippen molar-refractivity contribution in [1.82, 2.24) is 10.2 Å². The lowest BCUT2D eigenvalue weighted by atomic mass is 10.2. The highest BCUT2D eigenvalue weighted by Crippen LogP contribution is 2.29. The molecule has 0 heterocycles. The standard InChI is InChI=1S/C17H24N2O/c1-3-10-19(14-16-4-5-16)11-12-20-17-8-6-15(7-9-17)13-18-2/h1,6-9,16,18H,4-5,10-14H2,2H3. The second-order valence-corrected chi connectivity index (χ2v) is 5.41. The van der Waals surface area contributed by atoms with Gasteiger partial charge in [0.15, 0.2) is 0 Å². The zero-order chi connectivity index (χ0) is 14.2. The molecule has 0 saturated heterocycles. The molecule has 0 aromatic heterocycles. The summed E-state index contributed by atoms with van der Waals surface area (Å²) in [4.78, 5) is 2.31. The van der Waals surface area contributed by atoms with E-state index in [0.29, 0.717) is 6.61 Å². The van der Waals surface area contributed by atoms with Gasteiger partial charge in [-0.25, -0.2) is 0 Å². The van der Waals surface area contributed by atoms with Crippen LogP contribution < -0.4 is 10.1 Å². The molecule has 1 aliphatic carbocycles. The number of terminal acetylenes is 1. The first-order valence-corrected chi connectivity index (χ1v) is 7.34. The SMILES string of the molecule is C#CCN(CCOc1ccc(CNC)cc1)CC1CC1. The molecule has 2 rings (SSSR count). The van der Waals surface area contributed by atoms with Crippen molar-refractivity contribution in [2.24, 2.45) is 5.92 Å². The molecule has 1 aliphatic rings. The number of ether oxygens (including phenoxy) is 1. The average molecular weight is 272 g/mol. The molecule has 0 unspecified atom stereocenters. The van der Waals surface area contributed by atoms with Crippen LogP contribution in [0.15, 0.2) is 24.3 Å². The maximum absolute atomic E-state index is 5.79. The molecule has 3 heteroatoms. The zero-order valence-electron chi connectivity index (χ0n) is 12.3. The van der Waals surface area contributed by atoms with Gasteiger partial charge in [0.1, 0.15) is 12.4 Å². The van der Waals surface area contributed by atoms with Gasteiger partial charge in [-0.15, -0.1) is 6.42 Å². The van der Waals surface area contributed by atoms with E-state index in [1.54, 1.807) is 0 Å². The van der Waals surface area contributed by atoms with Crippen LogP contribution in [0.1, 0.15) is 18.4 Å². The third-order valence-electron chi connectivity index (χ3n) is 3.51. The lowest BCUT2D eigenvalue weighted by Crippen LogP contribution is -2.30. The van der Waals surface area contributed by atoms with E-state index >= 15 is 0 Å². The molecule has 0 atom stereocenters. The fraction of sp³-hybridized carbons (Fsp3) is 0.529. The van der Waals surface area contributed by atoms with Crippen molar-refractivity contribution in [3.8, 4) is 18.1 Å². The summed E-state index contributed by atoms with van der Waals surface area (Å²) in [6.45, 7) is 4.33. The Labute approximate surface area is 122 Å². The Morgan fingerprint density at radius 1 is 1.35 bits per heavy atom. The van der Waals surface area contributed by atoms with E-state index in [1.807, 2.05) is 19.2 Å². The zero-order valence-corrected chi connectivity index (χ0v) is 12.3. The minimum absolute atomic E-state index is 0.694. The number of nitrogens with zero attached hydrogens (tertiary/aromatic N) is 1. The third kappa shape index (κ3) is 5.24. The summed E-state index contributed by atoms with van der Waals surface area (Å²) in [7, 11) is 1.95. The minimum Gasteiger partial charge on any atom is -0.492 e. The predicted octanol–water partition coefficient (Wildman–Crippen LogP) is 2.13. The third-order valence-corrected chi connectivity index (χ3v) is 3.51. The fourth-order valence-electron chi connectivity index (χ4n) is 2.23. The van der Waals surface area contributed by atoms with Gasteiger partial charge in [-0.3, -0.25) is 4.90 Å². The van der Waals surface area contributed by atoms with Crippen LogP contribution in [0.25, 0.3) is 0 Å². The molecule has 0 aliphatic heterocycles. The van der Waals surface area contributed by atoms with Crippen molar-refractivity contribution >= 4 is 0 Å². The van der Waals surface area contributed by atoms with Crippen LogP contribution in [0.2, 0.25) is 0 Å². The van der Waals surface area contributed by atoms with Gasteiger partial charge < -0.3 is 10.1 Å². The van der Waals surface area contributed by atoms with Gasteiger partial charge in [0.25, 0.3) is 0 Å². The maximum atomic E-state index is 5.79. The molecular weight excluding hydrogens is 248 g/mol. The molecule has 1 aromatic carbocycles. The van der Waals surface area contributed by atoms with Crippen LogP contribution in [-0.4, -0.2) is 38.2 Å². The monoisotopic (exact) mass is 272 g/mol. The van der Waals surface area contributed by atoms with Crippen LogP contribution in [0.3, 0.4) is 0 Å². The molecule has 20 heavy (non-hydrogen) atoms. The second kappa shape index (κ2) is 7.94. The molecule has 1 N–H and O–H groups in total. The Morgan fingerprint density at radius 3 is 2.70 bits per heavy atom. The smallest absolute Gasteiger partial charge is 0.119 e. The van der Waals surface area contributed by atoms with Crippen molar-refractivity contribution in [3.63, 3.8) is 0 Å². The van der Waals surface area contributed by atoms with E-state index in [4.69, 9.17) is 11.2 Å². The summed E-state index contributed by atoms with van der Waals surface area (Å²) in [5.41, 5.74) is 1.27. The summed E-state index contributed by atoms with van der Waals surface area (Å²) in [6.07, 6.45) is 8.13. The Morgan fingerprint density at radius 2 is 2.10 bits per heavy atom. The normalized spacial score (nSPS) is 14.2. The van der Waals surface area contributed by atoms with Gasteiger partial charge in [-0.2, -0.15) is 0 Å². The highest BCUT2D eigenvalue weighted by molar-refractivity contribution is 5.27. The summed E-state index contributed by atoms with van der Waals surface area (Å²) >= 11 is 0. The van der Waals surface area contributed by atoms with E-state index < -0.39 is 0 Å². The minimum atomic E-state index is 0.694. The Hall–Kier alpha value is -1.50. The van der Waals surface area contributed by atoms with E-state index in [-0.39, 0.29) is 0 Å². The van der Waals surface area contributed by atoms with Gasteiger partial charge in [0, 0.05) is 19.6 Å². The maximum Gasteiger partial charge on any atom is 0.119 e. The highest BCUT2D eigenvalue weighted by Gasteiger charge is 2.23. The van der Waals surface area contributed by atoms with Crippen LogP contribution in [0.4, 0.5) is 0 Å². The Balaban J connectivity index is 1.71. The topological polar surface area (TPSA) is 24.5 Å². The van der Waals surface area contributed by atoms with Gasteiger partial charge in [0.05, 0.1) is 6.54 Å². The van der Waals surface area contributed by atoms with Crippen molar-refractivity contribution in [2.75, 3.05) is 33.3 Å².